The van der Waals surface area contributed by atoms with Crippen LogP contribution in [0, 0.1) is 0 Å². The minimum Gasteiger partial charge on any atom is -0.486 e. The van der Waals surface area contributed by atoms with Crippen LogP contribution in [0.2, 0.25) is 10.0 Å². The van der Waals surface area contributed by atoms with Gasteiger partial charge in [-0.15, -0.1) is 0 Å². The molecule has 2 rings (SSSR count). The molecule has 0 saturated heterocycles. The first-order chi connectivity index (χ1) is 8.97. The van der Waals surface area contributed by atoms with Gasteiger partial charge in [-0.05, 0) is 62.2 Å². The Bertz CT molecular complexity index is 597. The summed E-state index contributed by atoms with van der Waals surface area (Å²) >= 11 is 18.8. The molecule has 0 bridgehead atoms. The second-order valence-corrected chi connectivity index (χ2v) is 6.39. The summed E-state index contributed by atoms with van der Waals surface area (Å²) in [6, 6.07) is 8.82. The molecule has 2 nitrogen and oxygen atoms in total. The molecule has 2 N–H and O–H groups in total. The molecule has 2 aromatic carbocycles. The van der Waals surface area contributed by atoms with E-state index in [1.165, 1.54) is 0 Å². The first kappa shape index (κ1) is 15.0. The molecule has 100 valence electrons. The molecule has 0 radical (unpaired) electrons. The molecule has 0 atom stereocenters. The van der Waals surface area contributed by atoms with Crippen LogP contribution < -0.4 is 10.5 Å². The van der Waals surface area contributed by atoms with E-state index in [1.54, 1.807) is 30.3 Å². The number of nitrogens with two attached hydrogens (primary N) is 1. The normalized spacial score (nSPS) is 10.5. The molecule has 19 heavy (non-hydrogen) atoms. The minimum absolute atomic E-state index is 0.320. The van der Waals surface area contributed by atoms with E-state index < -0.39 is 0 Å². The Morgan fingerprint density at radius 1 is 1.05 bits per heavy atom. The molecular formula is C13H9Br2Cl2NO. The van der Waals surface area contributed by atoms with Crippen molar-refractivity contribution in [1.29, 1.82) is 0 Å². The topological polar surface area (TPSA) is 35.2 Å². The highest BCUT2D eigenvalue weighted by molar-refractivity contribution is 9.11. The van der Waals surface area contributed by atoms with Crippen molar-refractivity contribution < 1.29 is 4.74 Å². The van der Waals surface area contributed by atoms with Gasteiger partial charge in [0.2, 0.25) is 0 Å². The van der Waals surface area contributed by atoms with Gasteiger partial charge in [0.05, 0.1) is 8.95 Å². The molecule has 0 aliphatic heterocycles. The summed E-state index contributed by atoms with van der Waals surface area (Å²) in [7, 11) is 0. The number of rotatable bonds is 3. The van der Waals surface area contributed by atoms with Crippen LogP contribution in [0.1, 0.15) is 5.56 Å². The van der Waals surface area contributed by atoms with Crippen LogP contribution in [-0.2, 0) is 6.61 Å². The smallest absolute Gasteiger partial charge is 0.148 e. The summed E-state index contributed by atoms with van der Waals surface area (Å²) < 4.78 is 7.30. The SMILES string of the molecule is Nc1cc(Br)c(OCc2cc(Cl)ccc2Cl)c(Br)c1. The molecule has 6 heteroatoms. The number of ether oxygens (including phenoxy) is 1. The first-order valence-corrected chi connectivity index (χ1v) is 7.63. The third kappa shape index (κ3) is 3.78. The fraction of sp³-hybridized carbons (Fsp3) is 0.0769. The van der Waals surface area contributed by atoms with Gasteiger partial charge in [-0.25, -0.2) is 0 Å². The second kappa shape index (κ2) is 6.35. The Balaban J connectivity index is 2.21. The maximum absolute atomic E-state index is 6.09. The lowest BCUT2D eigenvalue weighted by Gasteiger charge is -2.12. The molecule has 0 aliphatic carbocycles. The highest BCUT2D eigenvalue weighted by Crippen LogP contribution is 2.36. The zero-order chi connectivity index (χ0) is 14.0. The lowest BCUT2D eigenvalue weighted by atomic mass is 10.2. The lowest BCUT2D eigenvalue weighted by molar-refractivity contribution is 0.302. The Kier molecular flexibility index (Phi) is 5.01. The number of halogens is 4. The van der Waals surface area contributed by atoms with E-state index in [-0.39, 0.29) is 0 Å². The predicted molar refractivity (Wildman–Crippen MR) is 87.0 cm³/mol. The molecule has 0 saturated carbocycles. The summed E-state index contributed by atoms with van der Waals surface area (Å²) in [5.41, 5.74) is 7.19. The summed E-state index contributed by atoms with van der Waals surface area (Å²) in [6.45, 7) is 0.320. The third-order valence-electron chi connectivity index (χ3n) is 2.40. The minimum atomic E-state index is 0.320. The summed E-state index contributed by atoms with van der Waals surface area (Å²) in [4.78, 5) is 0. The van der Waals surface area contributed by atoms with Gasteiger partial charge in [0.25, 0.3) is 0 Å². The number of anilines is 1. The van der Waals surface area contributed by atoms with Crippen LogP contribution in [0.5, 0.6) is 5.75 Å². The average Bonchev–Trinajstić information content (AvgIpc) is 2.32. The van der Waals surface area contributed by atoms with E-state index in [9.17, 15) is 0 Å². The standard InChI is InChI=1S/C13H9Br2Cl2NO/c14-10-4-9(18)5-11(15)13(10)19-6-7-3-8(16)1-2-12(7)17/h1-5H,6,18H2. The second-order valence-electron chi connectivity index (χ2n) is 3.84. The van der Waals surface area contributed by atoms with Gasteiger partial charge in [-0.3, -0.25) is 0 Å². The molecule has 0 fully saturated rings. The van der Waals surface area contributed by atoms with Crippen LogP contribution in [-0.4, -0.2) is 0 Å². The molecule has 0 amide bonds. The number of benzene rings is 2. The summed E-state index contributed by atoms with van der Waals surface area (Å²) in [5.74, 6) is 0.672. The molecule has 2 aromatic rings. The summed E-state index contributed by atoms with van der Waals surface area (Å²) in [6.07, 6.45) is 0. The number of hydrogen-bond donors (Lipinski definition) is 1. The van der Waals surface area contributed by atoms with Crippen molar-refractivity contribution in [3.63, 3.8) is 0 Å². The molecule has 0 aliphatic rings. The monoisotopic (exact) mass is 423 g/mol. The fourth-order valence-corrected chi connectivity index (χ4v) is 3.34. The van der Waals surface area contributed by atoms with E-state index >= 15 is 0 Å². The zero-order valence-corrected chi connectivity index (χ0v) is 14.3. The number of nitrogen functional groups attached to an aromatic ring is 1. The molecular weight excluding hydrogens is 417 g/mol. The van der Waals surface area contributed by atoms with Gasteiger partial charge in [-0.2, -0.15) is 0 Å². The Morgan fingerprint density at radius 2 is 1.68 bits per heavy atom. The van der Waals surface area contributed by atoms with Crippen molar-refractivity contribution in [3.8, 4) is 5.75 Å². The van der Waals surface area contributed by atoms with Crippen molar-refractivity contribution in [2.24, 2.45) is 0 Å². The Hall–Kier alpha value is -0.420. The van der Waals surface area contributed by atoms with E-state index in [0.717, 1.165) is 14.5 Å². The average molecular weight is 426 g/mol. The molecule has 0 aromatic heterocycles. The lowest BCUT2D eigenvalue weighted by Crippen LogP contribution is -1.98. The van der Waals surface area contributed by atoms with Crippen LogP contribution in [0.15, 0.2) is 39.3 Å². The Morgan fingerprint density at radius 3 is 2.32 bits per heavy atom. The predicted octanol–water partition coefficient (Wildman–Crippen LogP) is 5.68. The molecule has 0 unspecified atom stereocenters. The van der Waals surface area contributed by atoms with Crippen LogP contribution in [0.25, 0.3) is 0 Å². The maximum atomic E-state index is 6.09. The van der Waals surface area contributed by atoms with Crippen LogP contribution >= 0.6 is 55.1 Å². The van der Waals surface area contributed by atoms with Crippen LogP contribution in [0.3, 0.4) is 0 Å². The largest absolute Gasteiger partial charge is 0.486 e. The van der Waals surface area contributed by atoms with Crippen molar-refractivity contribution in [2.75, 3.05) is 5.73 Å². The van der Waals surface area contributed by atoms with Gasteiger partial charge >= 0.3 is 0 Å². The van der Waals surface area contributed by atoms with Crippen LogP contribution in [0.4, 0.5) is 5.69 Å². The summed E-state index contributed by atoms with van der Waals surface area (Å²) in [5, 5.41) is 1.24. The van der Waals surface area contributed by atoms with Crippen molar-refractivity contribution in [3.05, 3.63) is 54.9 Å². The van der Waals surface area contributed by atoms with Gasteiger partial charge in [-0.1, -0.05) is 23.2 Å². The van der Waals surface area contributed by atoms with E-state index in [4.69, 9.17) is 33.7 Å². The Labute approximate surface area is 138 Å². The van der Waals surface area contributed by atoms with Crippen molar-refractivity contribution in [2.45, 2.75) is 6.61 Å². The van der Waals surface area contributed by atoms with Gasteiger partial charge in [0.15, 0.2) is 0 Å². The van der Waals surface area contributed by atoms with Crippen molar-refractivity contribution in [1.82, 2.24) is 0 Å². The quantitative estimate of drug-likeness (QED) is 0.642. The van der Waals surface area contributed by atoms with Crippen molar-refractivity contribution >= 4 is 60.7 Å². The van der Waals surface area contributed by atoms with Gasteiger partial charge < -0.3 is 10.5 Å². The maximum Gasteiger partial charge on any atom is 0.148 e. The van der Waals surface area contributed by atoms with E-state index in [2.05, 4.69) is 31.9 Å². The molecule has 0 heterocycles. The fourth-order valence-electron chi connectivity index (χ4n) is 1.52. The molecule has 0 spiro atoms. The first-order valence-electron chi connectivity index (χ1n) is 5.28. The number of hydrogen-bond acceptors (Lipinski definition) is 2. The van der Waals surface area contributed by atoms with Gasteiger partial charge in [0, 0.05) is 21.3 Å². The van der Waals surface area contributed by atoms with E-state index in [0.29, 0.717) is 28.1 Å². The highest BCUT2D eigenvalue weighted by atomic mass is 79.9. The van der Waals surface area contributed by atoms with Gasteiger partial charge in [0.1, 0.15) is 12.4 Å². The highest BCUT2D eigenvalue weighted by Gasteiger charge is 2.09. The third-order valence-corrected chi connectivity index (χ3v) is 4.18. The van der Waals surface area contributed by atoms with E-state index in [1.807, 2.05) is 0 Å². The zero-order valence-electron chi connectivity index (χ0n) is 9.59.